The summed E-state index contributed by atoms with van der Waals surface area (Å²) in [5, 5.41) is 17.4. The van der Waals surface area contributed by atoms with Gasteiger partial charge in [0.25, 0.3) is 0 Å². The zero-order valence-electron chi connectivity index (χ0n) is 53.3. The molecule has 0 saturated carbocycles. The molecular weight excluding hydrogens is 1400 g/mol. The smallest absolute Gasteiger partial charge is 0.148 e. The van der Waals surface area contributed by atoms with E-state index in [1.165, 1.54) is 60.5 Å². The Bertz CT molecular complexity index is 3370. The first kappa shape index (κ1) is 80.4. The summed E-state index contributed by atoms with van der Waals surface area (Å²) in [6, 6.07) is 37.7. The molecule has 18 heteroatoms. The molecule has 0 aromatic heterocycles. The van der Waals surface area contributed by atoms with Gasteiger partial charge in [-0.15, -0.1) is 0 Å². The Morgan fingerprint density at radius 2 is 0.956 bits per heavy atom. The number of thiocarbonyl (C=S) groups is 2. The van der Waals surface area contributed by atoms with Crippen LogP contribution in [0.25, 0.3) is 0 Å². The maximum absolute atomic E-state index is 11.1. The molecule has 0 amide bonds. The molecule has 0 atom stereocenters. The summed E-state index contributed by atoms with van der Waals surface area (Å²) in [4.78, 5) is 26.3. The molecular formula is C72H84BrCl6N5OS5. The van der Waals surface area contributed by atoms with Crippen molar-refractivity contribution >= 4 is 200 Å². The molecule has 8 rings (SSSR count). The van der Waals surface area contributed by atoms with E-state index >= 15 is 0 Å². The van der Waals surface area contributed by atoms with Crippen molar-refractivity contribution in [2.45, 2.75) is 147 Å². The van der Waals surface area contributed by atoms with Gasteiger partial charge in [-0.25, -0.2) is 9.98 Å². The predicted octanol–water partition coefficient (Wildman–Crippen LogP) is 27.9. The zero-order valence-corrected chi connectivity index (χ0v) is 63.5. The number of carbonyl (C=O) groups is 1. The molecule has 2 fully saturated rings. The molecule has 0 aliphatic carbocycles. The molecule has 3 heterocycles. The summed E-state index contributed by atoms with van der Waals surface area (Å²) in [5.41, 5.74) is 15.2. The predicted molar refractivity (Wildman–Crippen MR) is 422 cm³/mol. The van der Waals surface area contributed by atoms with Gasteiger partial charge in [-0.3, -0.25) is 4.79 Å². The summed E-state index contributed by atoms with van der Waals surface area (Å²) < 4.78 is 0. The molecule has 0 spiro atoms. The van der Waals surface area contributed by atoms with Gasteiger partial charge in [0, 0.05) is 58.6 Å². The number of hydrogen-bond donors (Lipinski definition) is 3. The van der Waals surface area contributed by atoms with E-state index in [-0.39, 0.29) is 0 Å². The van der Waals surface area contributed by atoms with Crippen LogP contribution >= 0.6 is 145 Å². The van der Waals surface area contributed by atoms with Crippen molar-refractivity contribution in [2.24, 2.45) is 9.98 Å². The number of aliphatic imine (C=N–C) groups is 2. The van der Waals surface area contributed by atoms with Crippen molar-refractivity contribution in [1.29, 1.82) is 0 Å². The first-order chi connectivity index (χ1) is 42.9. The van der Waals surface area contributed by atoms with E-state index in [4.69, 9.17) is 94.0 Å². The van der Waals surface area contributed by atoms with E-state index in [2.05, 4.69) is 123 Å². The highest BCUT2D eigenvalue weighted by Gasteiger charge is 2.20. The molecule has 2 saturated heterocycles. The van der Waals surface area contributed by atoms with Crippen LogP contribution in [0.3, 0.4) is 0 Å². The second-order valence-corrected chi connectivity index (χ2v) is 29.4. The van der Waals surface area contributed by atoms with Crippen LogP contribution in [-0.2, 0) is 4.79 Å². The minimum Gasteiger partial charge on any atom is -0.350 e. The molecule has 0 radical (unpaired) electrons. The largest absolute Gasteiger partial charge is 0.350 e. The van der Waals surface area contributed by atoms with Gasteiger partial charge in [0.15, 0.2) is 0 Å². The fraction of sp³-hybridized carbons (Fsp3) is 0.319. The highest BCUT2D eigenvalue weighted by atomic mass is 79.9. The maximum Gasteiger partial charge on any atom is 0.148 e. The molecule has 90 heavy (non-hydrogen) atoms. The molecule has 3 aliphatic rings. The average molecular weight is 1490 g/mol. The van der Waals surface area contributed by atoms with E-state index < -0.39 is 0 Å². The number of aldehydes is 1. The van der Waals surface area contributed by atoms with Crippen molar-refractivity contribution in [1.82, 2.24) is 0 Å². The molecule has 3 aliphatic heterocycles. The first-order valence-electron chi connectivity index (χ1n) is 29.5. The SMILES string of the molecule is CC(=S)Nc1ccc(Cl)cc1.CC(C)=C1CC/C(=C\Cl)C(=Nc2ccc(Cl)cc2)S1.CC(C)=C1CCC(C=O)=C(Nc2ccc(Cl)cc2)S1.CC(C)=C1CCCC(=Nc2ccc(Cl)cc2)S1.CC(C)=CCCBr.CC(C)=CCCCC(=S)Nc1ccc(Cl)cc1. The average Bonchev–Trinajstić information content (AvgIpc) is 1.59. The summed E-state index contributed by atoms with van der Waals surface area (Å²) >= 11 is 53.7. The Balaban J connectivity index is 0.000000289. The number of rotatable bonds is 13. The Labute approximate surface area is 600 Å². The van der Waals surface area contributed by atoms with Crippen LogP contribution in [0.2, 0.25) is 25.1 Å². The van der Waals surface area contributed by atoms with Crippen LogP contribution in [0.4, 0.5) is 28.4 Å². The van der Waals surface area contributed by atoms with Crippen LogP contribution in [0.5, 0.6) is 0 Å². The quantitative estimate of drug-likeness (QED) is 0.0351. The van der Waals surface area contributed by atoms with E-state index in [1.54, 1.807) is 29.1 Å². The Morgan fingerprint density at radius 3 is 1.40 bits per heavy atom. The Hall–Kier alpha value is -3.86. The summed E-state index contributed by atoms with van der Waals surface area (Å²) in [6.45, 7) is 23.1. The lowest BCUT2D eigenvalue weighted by Gasteiger charge is -2.21. The van der Waals surface area contributed by atoms with Crippen LogP contribution in [0, 0.1) is 0 Å². The third kappa shape index (κ3) is 34.9. The molecule has 0 unspecified atom stereocenters. The maximum atomic E-state index is 11.1. The number of unbranched alkanes of at least 4 members (excludes halogenated alkanes) is 1. The van der Waals surface area contributed by atoms with Gasteiger partial charge in [0.05, 0.1) is 31.4 Å². The highest BCUT2D eigenvalue weighted by molar-refractivity contribution is 9.09. The van der Waals surface area contributed by atoms with Gasteiger partial charge in [0.1, 0.15) is 11.3 Å². The number of nitrogens with zero attached hydrogens (tertiary/aromatic N) is 2. The van der Waals surface area contributed by atoms with Gasteiger partial charge in [-0.2, -0.15) is 0 Å². The van der Waals surface area contributed by atoms with Crippen LogP contribution < -0.4 is 16.0 Å². The lowest BCUT2D eigenvalue weighted by atomic mass is 10.1. The lowest BCUT2D eigenvalue weighted by molar-refractivity contribution is -0.105. The number of benzene rings is 5. The third-order valence-electron chi connectivity index (χ3n) is 12.6. The van der Waals surface area contributed by atoms with E-state index in [1.807, 2.05) is 140 Å². The van der Waals surface area contributed by atoms with Crippen molar-refractivity contribution in [3.8, 4) is 0 Å². The van der Waals surface area contributed by atoms with Crippen LogP contribution in [0.15, 0.2) is 208 Å². The number of thioether (sulfide) groups is 3. The third-order valence-corrected chi connectivity index (χ3v) is 19.2. The normalized spacial score (nSPS) is 14.6. The van der Waals surface area contributed by atoms with Crippen LogP contribution in [0.1, 0.15) is 147 Å². The van der Waals surface area contributed by atoms with Gasteiger partial charge in [0.2, 0.25) is 0 Å². The Morgan fingerprint density at radius 1 is 0.522 bits per heavy atom. The van der Waals surface area contributed by atoms with Gasteiger partial charge < -0.3 is 16.0 Å². The summed E-state index contributed by atoms with van der Waals surface area (Å²) in [7, 11) is 0. The molecule has 6 nitrogen and oxygen atoms in total. The molecule has 482 valence electrons. The molecule has 5 aromatic carbocycles. The highest BCUT2D eigenvalue weighted by Crippen LogP contribution is 2.41. The van der Waals surface area contributed by atoms with Crippen molar-refractivity contribution < 1.29 is 4.79 Å². The number of alkyl halides is 1. The minimum atomic E-state index is 0.705. The minimum absolute atomic E-state index is 0.705. The van der Waals surface area contributed by atoms with Crippen LogP contribution in [-0.4, -0.2) is 31.7 Å². The lowest BCUT2D eigenvalue weighted by Crippen LogP contribution is -2.08. The number of hydrogen-bond acceptors (Lipinski definition) is 9. The van der Waals surface area contributed by atoms with Crippen molar-refractivity contribution in [3.05, 3.63) is 223 Å². The summed E-state index contributed by atoms with van der Waals surface area (Å²) in [5.74, 6) is 0. The number of anilines is 3. The number of carbonyl (C=O) groups excluding carboxylic acids is 1. The van der Waals surface area contributed by atoms with Gasteiger partial charge >= 0.3 is 0 Å². The zero-order chi connectivity index (χ0) is 66.5. The van der Waals surface area contributed by atoms with Crippen molar-refractivity contribution in [3.63, 3.8) is 0 Å². The monoisotopic (exact) mass is 1480 g/mol. The van der Waals surface area contributed by atoms with E-state index in [0.29, 0.717) is 5.02 Å². The second kappa shape index (κ2) is 45.5. The number of nitrogens with one attached hydrogen (secondary N) is 3. The van der Waals surface area contributed by atoms with E-state index in [9.17, 15) is 4.79 Å². The Kier molecular flexibility index (Phi) is 40.6. The number of allylic oxidation sites excluding steroid dienone is 11. The second-order valence-electron chi connectivity index (χ2n) is 21.7. The molecule has 3 N–H and O–H groups in total. The van der Waals surface area contributed by atoms with Crippen molar-refractivity contribution in [2.75, 3.05) is 21.3 Å². The molecule has 5 aromatic rings. The van der Waals surface area contributed by atoms with E-state index in [0.717, 1.165) is 149 Å². The fourth-order valence-corrected chi connectivity index (χ4v) is 12.7. The first-order valence-corrected chi connectivity index (χ1v) is 36.2. The standard InChI is InChI=1S/C15H15Cl2NS.C15H16ClNOS.C14H16ClNS.C14H18ClNS.C8H8ClNS.C6H11Br/c1-10(2)14-8-3-11(9-16)15(19-14)18-13-6-4-12(17)5-7-13;1-10(2)14-8-3-11(9-18)15(19-14)17-13-6-4-12(16)5-7-13;1-10(2)13-4-3-5-14(17-13)16-12-8-6-11(15)7-9-12;1-11(2)5-3-4-6-14(17)16-13-9-7-12(15)8-10-13;1-6(11)10-8-4-2-7(9)3-5-8;1-6(2)4-3-5-7/h4-7,9H,3,8H2,1-2H3;4-7,9,17H,3,8H2,1-2H3;6-9H,3-5H2,1-2H3;5,7-10H,3-4,6H2,1-2H3,(H,16,17);2-5H,1H3,(H,10,11);4H,3,5H2,1-2H3/b11-9+,18-15?;;;;;. The summed E-state index contributed by atoms with van der Waals surface area (Å²) in [6.07, 6.45) is 16.9. The number of halogens is 7. The topological polar surface area (TPSA) is 77.9 Å². The fourth-order valence-electron chi connectivity index (χ4n) is 7.83. The van der Waals surface area contributed by atoms with Gasteiger partial charge in [-0.1, -0.05) is 185 Å². The van der Waals surface area contributed by atoms with Gasteiger partial charge in [-0.05, 0) is 288 Å². The molecule has 0 bridgehead atoms.